The highest BCUT2D eigenvalue weighted by atomic mass is 15.3. The van der Waals surface area contributed by atoms with E-state index in [0.29, 0.717) is 5.92 Å². The minimum atomic E-state index is 0.597. The first-order valence-corrected chi connectivity index (χ1v) is 6.40. The smallest absolute Gasteiger partial charge is 0.206 e. The fraction of sp³-hybridized carbons (Fsp3) is 0.500. The average Bonchev–Trinajstić information content (AvgIpc) is 2.68. The van der Waals surface area contributed by atoms with E-state index in [-0.39, 0.29) is 0 Å². The molecule has 98 valence electrons. The molecule has 1 aromatic carbocycles. The van der Waals surface area contributed by atoms with E-state index in [4.69, 9.17) is 4.98 Å². The van der Waals surface area contributed by atoms with E-state index in [0.717, 1.165) is 24.6 Å². The summed E-state index contributed by atoms with van der Waals surface area (Å²) in [5.74, 6) is 1.62. The topological polar surface area (TPSA) is 33.1 Å². The SMILES string of the molecule is CNCC(C)CN(C)c1nc2ccccc2n1C. The van der Waals surface area contributed by atoms with Crippen molar-refractivity contribution in [3.8, 4) is 0 Å². The number of hydrogen-bond donors (Lipinski definition) is 1. The second kappa shape index (κ2) is 5.40. The third-order valence-corrected chi connectivity index (χ3v) is 3.24. The molecule has 0 fully saturated rings. The van der Waals surface area contributed by atoms with Crippen LogP contribution < -0.4 is 10.2 Å². The first-order chi connectivity index (χ1) is 8.63. The molecule has 0 saturated heterocycles. The summed E-state index contributed by atoms with van der Waals surface area (Å²) < 4.78 is 2.15. The Labute approximate surface area is 109 Å². The Hall–Kier alpha value is -1.55. The first-order valence-electron chi connectivity index (χ1n) is 6.40. The van der Waals surface area contributed by atoms with Gasteiger partial charge in [-0.1, -0.05) is 19.1 Å². The van der Waals surface area contributed by atoms with Crippen molar-refractivity contribution in [3.63, 3.8) is 0 Å². The molecule has 1 aromatic heterocycles. The van der Waals surface area contributed by atoms with E-state index in [1.54, 1.807) is 0 Å². The van der Waals surface area contributed by atoms with E-state index in [1.165, 1.54) is 5.52 Å². The van der Waals surface area contributed by atoms with Gasteiger partial charge in [0.05, 0.1) is 11.0 Å². The van der Waals surface area contributed by atoms with E-state index >= 15 is 0 Å². The molecule has 0 aliphatic heterocycles. The monoisotopic (exact) mass is 246 g/mol. The summed E-state index contributed by atoms with van der Waals surface area (Å²) >= 11 is 0. The van der Waals surface area contributed by atoms with Crippen LogP contribution in [0.4, 0.5) is 5.95 Å². The van der Waals surface area contributed by atoms with Crippen molar-refractivity contribution in [2.24, 2.45) is 13.0 Å². The van der Waals surface area contributed by atoms with Crippen LogP contribution in [0.25, 0.3) is 11.0 Å². The van der Waals surface area contributed by atoms with Gasteiger partial charge in [0.1, 0.15) is 0 Å². The molecular weight excluding hydrogens is 224 g/mol. The minimum Gasteiger partial charge on any atom is -0.345 e. The van der Waals surface area contributed by atoms with Gasteiger partial charge < -0.3 is 14.8 Å². The van der Waals surface area contributed by atoms with Crippen LogP contribution in [0, 0.1) is 5.92 Å². The lowest BCUT2D eigenvalue weighted by Gasteiger charge is -2.22. The van der Waals surface area contributed by atoms with E-state index in [9.17, 15) is 0 Å². The summed E-state index contributed by atoms with van der Waals surface area (Å²) in [6.07, 6.45) is 0. The van der Waals surface area contributed by atoms with Gasteiger partial charge in [-0.25, -0.2) is 4.98 Å². The molecule has 1 N–H and O–H groups in total. The van der Waals surface area contributed by atoms with Gasteiger partial charge in [-0.3, -0.25) is 0 Å². The second-order valence-electron chi connectivity index (χ2n) is 5.00. The maximum atomic E-state index is 4.69. The normalized spacial score (nSPS) is 12.9. The Balaban J connectivity index is 2.22. The zero-order valence-corrected chi connectivity index (χ0v) is 11.6. The predicted octanol–water partition coefficient (Wildman–Crippen LogP) is 1.86. The number of fused-ring (bicyclic) bond motifs is 1. The van der Waals surface area contributed by atoms with Crippen LogP contribution in [0.2, 0.25) is 0 Å². The summed E-state index contributed by atoms with van der Waals surface area (Å²) in [6, 6.07) is 8.25. The summed E-state index contributed by atoms with van der Waals surface area (Å²) in [6.45, 7) is 4.27. The molecule has 0 amide bonds. The molecule has 0 saturated carbocycles. The summed E-state index contributed by atoms with van der Waals surface area (Å²) in [4.78, 5) is 6.92. The van der Waals surface area contributed by atoms with E-state index in [2.05, 4.69) is 54.0 Å². The predicted molar refractivity (Wildman–Crippen MR) is 77.1 cm³/mol. The second-order valence-corrected chi connectivity index (χ2v) is 5.00. The number of nitrogens with zero attached hydrogens (tertiary/aromatic N) is 3. The number of rotatable bonds is 5. The fourth-order valence-corrected chi connectivity index (χ4v) is 2.44. The Bertz CT molecular complexity index is 517. The van der Waals surface area contributed by atoms with Gasteiger partial charge in [0.15, 0.2) is 0 Å². The van der Waals surface area contributed by atoms with Crippen LogP contribution in [0.5, 0.6) is 0 Å². The van der Waals surface area contributed by atoms with Crippen molar-refractivity contribution in [1.82, 2.24) is 14.9 Å². The van der Waals surface area contributed by atoms with E-state index < -0.39 is 0 Å². The summed E-state index contributed by atoms with van der Waals surface area (Å²) in [7, 11) is 6.17. The Morgan fingerprint density at radius 2 is 2.11 bits per heavy atom. The highest BCUT2D eigenvalue weighted by Gasteiger charge is 2.13. The molecule has 4 nitrogen and oxygen atoms in total. The summed E-state index contributed by atoms with van der Waals surface area (Å²) in [5, 5.41) is 3.21. The molecule has 0 radical (unpaired) electrons. The highest BCUT2D eigenvalue weighted by molar-refractivity contribution is 5.78. The van der Waals surface area contributed by atoms with Crippen molar-refractivity contribution in [2.75, 3.05) is 32.1 Å². The molecule has 2 aromatic rings. The standard InChI is InChI=1S/C14H22N4/c1-11(9-15-2)10-17(3)14-16-12-7-5-6-8-13(12)18(14)4/h5-8,11,15H,9-10H2,1-4H3. The van der Waals surface area contributed by atoms with Gasteiger partial charge in [-0.2, -0.15) is 0 Å². The fourth-order valence-electron chi connectivity index (χ4n) is 2.44. The van der Waals surface area contributed by atoms with Crippen molar-refractivity contribution < 1.29 is 0 Å². The largest absolute Gasteiger partial charge is 0.345 e. The molecule has 2 rings (SSSR count). The molecule has 4 heteroatoms. The van der Waals surface area contributed by atoms with Gasteiger partial charge in [-0.15, -0.1) is 0 Å². The first kappa shape index (κ1) is 12.9. The number of aryl methyl sites for hydroxylation is 1. The molecule has 0 spiro atoms. The average molecular weight is 246 g/mol. The molecule has 1 unspecified atom stereocenters. The zero-order chi connectivity index (χ0) is 13.1. The molecular formula is C14H22N4. The molecule has 1 atom stereocenters. The molecule has 1 heterocycles. The van der Waals surface area contributed by atoms with Crippen LogP contribution in [0.3, 0.4) is 0 Å². The Morgan fingerprint density at radius 3 is 2.78 bits per heavy atom. The number of benzene rings is 1. The lowest BCUT2D eigenvalue weighted by atomic mass is 10.2. The maximum absolute atomic E-state index is 4.69. The number of anilines is 1. The lowest BCUT2D eigenvalue weighted by molar-refractivity contribution is 0.537. The van der Waals surface area contributed by atoms with Gasteiger partial charge in [0.2, 0.25) is 5.95 Å². The number of aromatic nitrogens is 2. The number of hydrogen-bond acceptors (Lipinski definition) is 3. The number of nitrogens with one attached hydrogen (secondary N) is 1. The van der Waals surface area contributed by atoms with Crippen LogP contribution in [0.1, 0.15) is 6.92 Å². The highest BCUT2D eigenvalue weighted by Crippen LogP contribution is 2.20. The van der Waals surface area contributed by atoms with Gasteiger partial charge in [0, 0.05) is 20.6 Å². The van der Waals surface area contributed by atoms with Crippen molar-refractivity contribution in [1.29, 1.82) is 0 Å². The number of para-hydroxylation sites is 2. The third-order valence-electron chi connectivity index (χ3n) is 3.24. The lowest BCUT2D eigenvalue weighted by Crippen LogP contribution is -2.31. The van der Waals surface area contributed by atoms with Crippen molar-refractivity contribution >= 4 is 17.0 Å². The minimum absolute atomic E-state index is 0.597. The van der Waals surface area contributed by atoms with Gasteiger partial charge >= 0.3 is 0 Å². The maximum Gasteiger partial charge on any atom is 0.206 e. The van der Waals surface area contributed by atoms with Gasteiger partial charge in [-0.05, 0) is 31.6 Å². The third kappa shape index (κ3) is 2.48. The molecule has 0 bridgehead atoms. The van der Waals surface area contributed by atoms with Gasteiger partial charge in [0.25, 0.3) is 0 Å². The molecule has 0 aliphatic carbocycles. The van der Waals surface area contributed by atoms with Crippen LogP contribution in [-0.4, -0.2) is 36.7 Å². The zero-order valence-electron chi connectivity index (χ0n) is 11.6. The molecule has 0 aliphatic rings. The molecule has 18 heavy (non-hydrogen) atoms. The summed E-state index contributed by atoms with van der Waals surface area (Å²) in [5.41, 5.74) is 2.24. The van der Waals surface area contributed by atoms with Crippen molar-refractivity contribution in [2.45, 2.75) is 6.92 Å². The van der Waals surface area contributed by atoms with Crippen LogP contribution in [0.15, 0.2) is 24.3 Å². The Morgan fingerprint density at radius 1 is 1.39 bits per heavy atom. The number of imidazole rings is 1. The van der Waals surface area contributed by atoms with E-state index in [1.807, 2.05) is 13.1 Å². The van der Waals surface area contributed by atoms with Crippen molar-refractivity contribution in [3.05, 3.63) is 24.3 Å². The van der Waals surface area contributed by atoms with Crippen LogP contribution >= 0.6 is 0 Å². The quantitative estimate of drug-likeness (QED) is 0.874. The van der Waals surface area contributed by atoms with Crippen LogP contribution in [-0.2, 0) is 7.05 Å². The Kier molecular flexibility index (Phi) is 3.87.